The van der Waals surface area contributed by atoms with E-state index < -0.39 is 0 Å². The molecule has 0 bridgehead atoms. The third-order valence-corrected chi connectivity index (χ3v) is 3.23. The molecule has 0 aliphatic carbocycles. The van der Waals surface area contributed by atoms with Crippen molar-refractivity contribution in [1.82, 2.24) is 4.90 Å². The lowest BCUT2D eigenvalue weighted by molar-refractivity contribution is 0.250. The highest BCUT2D eigenvalue weighted by molar-refractivity contribution is 5.26. The van der Waals surface area contributed by atoms with E-state index in [0.717, 1.165) is 12.1 Å². The molecule has 1 heterocycles. The second kappa shape index (κ2) is 4.77. The summed E-state index contributed by atoms with van der Waals surface area (Å²) in [6, 6.07) is 8.36. The van der Waals surface area contributed by atoms with Gasteiger partial charge in [-0.25, -0.2) is 0 Å². The quantitative estimate of drug-likeness (QED) is 0.798. The molecule has 0 amide bonds. The highest BCUT2D eigenvalue weighted by atomic mass is 16.3. The second-order valence-electron chi connectivity index (χ2n) is 4.50. The molecule has 0 spiro atoms. The summed E-state index contributed by atoms with van der Waals surface area (Å²) in [5.74, 6) is 0.648. The Labute approximate surface area is 91.5 Å². The lowest BCUT2D eigenvalue weighted by atomic mass is 9.90. The average Bonchev–Trinajstić information content (AvgIpc) is 2.29. The minimum absolute atomic E-state index is 0.149. The van der Waals surface area contributed by atoms with Crippen LogP contribution in [0.4, 0.5) is 0 Å². The zero-order chi connectivity index (χ0) is 10.7. The fraction of sp³-hybridized carbons (Fsp3) is 0.538. The van der Waals surface area contributed by atoms with Crippen LogP contribution in [-0.2, 0) is 6.61 Å². The number of nitrogens with zero attached hydrogens (tertiary/aromatic N) is 1. The first-order chi connectivity index (χ1) is 7.29. The molecule has 2 nitrogen and oxygen atoms in total. The number of hydrogen-bond donors (Lipinski definition) is 1. The third kappa shape index (κ3) is 2.58. The van der Waals surface area contributed by atoms with Crippen molar-refractivity contribution in [2.45, 2.75) is 25.4 Å². The van der Waals surface area contributed by atoms with E-state index in [0.29, 0.717) is 5.92 Å². The van der Waals surface area contributed by atoms with Gasteiger partial charge in [0.15, 0.2) is 0 Å². The Morgan fingerprint density at radius 2 is 2.33 bits per heavy atom. The summed E-state index contributed by atoms with van der Waals surface area (Å²) in [6.07, 6.45) is 2.56. The average molecular weight is 205 g/mol. The molecule has 15 heavy (non-hydrogen) atoms. The van der Waals surface area contributed by atoms with Crippen LogP contribution < -0.4 is 0 Å². The molecule has 1 aromatic rings. The summed E-state index contributed by atoms with van der Waals surface area (Å²) >= 11 is 0. The van der Waals surface area contributed by atoms with Crippen molar-refractivity contribution in [2.75, 3.05) is 20.1 Å². The zero-order valence-corrected chi connectivity index (χ0v) is 9.32. The van der Waals surface area contributed by atoms with Gasteiger partial charge in [0.1, 0.15) is 0 Å². The molecule has 1 aliphatic rings. The van der Waals surface area contributed by atoms with E-state index >= 15 is 0 Å². The van der Waals surface area contributed by atoms with Gasteiger partial charge in [-0.15, -0.1) is 0 Å². The Balaban J connectivity index is 2.13. The van der Waals surface area contributed by atoms with Crippen LogP contribution in [-0.4, -0.2) is 30.1 Å². The van der Waals surface area contributed by atoms with Gasteiger partial charge < -0.3 is 10.0 Å². The van der Waals surface area contributed by atoms with Crippen molar-refractivity contribution in [1.29, 1.82) is 0 Å². The Bertz CT molecular complexity index is 324. The molecule has 0 aromatic heterocycles. The molecule has 1 aliphatic heterocycles. The maximum atomic E-state index is 9.10. The minimum atomic E-state index is 0.149. The van der Waals surface area contributed by atoms with E-state index in [1.165, 1.54) is 24.9 Å². The summed E-state index contributed by atoms with van der Waals surface area (Å²) < 4.78 is 0. The van der Waals surface area contributed by atoms with E-state index in [4.69, 9.17) is 5.11 Å². The standard InChI is InChI=1S/C13H19NO/c1-14-7-3-6-13(9-14)12-5-2-4-11(8-12)10-15/h2,4-5,8,13,15H,3,6-7,9-10H2,1H3. The minimum Gasteiger partial charge on any atom is -0.392 e. The molecule has 1 saturated heterocycles. The number of aliphatic hydroxyl groups excluding tert-OH is 1. The number of likely N-dealkylation sites (tertiary alicyclic amines) is 1. The molecule has 0 radical (unpaired) electrons. The number of hydrogen-bond acceptors (Lipinski definition) is 2. The monoisotopic (exact) mass is 205 g/mol. The molecule has 1 N–H and O–H groups in total. The number of piperidine rings is 1. The van der Waals surface area contributed by atoms with Gasteiger partial charge in [0.2, 0.25) is 0 Å². The Morgan fingerprint density at radius 3 is 3.07 bits per heavy atom. The predicted molar refractivity (Wildman–Crippen MR) is 61.8 cm³/mol. The van der Waals surface area contributed by atoms with E-state index in [2.05, 4.69) is 30.1 Å². The lowest BCUT2D eigenvalue weighted by Gasteiger charge is -2.30. The Kier molecular flexibility index (Phi) is 3.39. The normalized spacial score (nSPS) is 22.9. The van der Waals surface area contributed by atoms with Crippen LogP contribution in [0.15, 0.2) is 24.3 Å². The van der Waals surface area contributed by atoms with Gasteiger partial charge in [0.25, 0.3) is 0 Å². The summed E-state index contributed by atoms with van der Waals surface area (Å²) in [5, 5.41) is 9.10. The van der Waals surface area contributed by atoms with Crippen LogP contribution in [0.25, 0.3) is 0 Å². The molecular formula is C13H19NO. The first-order valence-corrected chi connectivity index (χ1v) is 5.68. The highest BCUT2D eigenvalue weighted by Gasteiger charge is 2.18. The molecule has 1 aromatic carbocycles. The lowest BCUT2D eigenvalue weighted by Crippen LogP contribution is -2.30. The largest absolute Gasteiger partial charge is 0.392 e. The van der Waals surface area contributed by atoms with E-state index in [9.17, 15) is 0 Å². The van der Waals surface area contributed by atoms with Crippen molar-refractivity contribution >= 4 is 0 Å². The SMILES string of the molecule is CN1CCCC(c2cccc(CO)c2)C1. The molecule has 82 valence electrons. The Morgan fingerprint density at radius 1 is 1.47 bits per heavy atom. The topological polar surface area (TPSA) is 23.5 Å². The molecule has 2 rings (SSSR count). The molecule has 1 unspecified atom stereocenters. The van der Waals surface area contributed by atoms with Gasteiger partial charge in [-0.2, -0.15) is 0 Å². The van der Waals surface area contributed by atoms with Crippen molar-refractivity contribution in [3.63, 3.8) is 0 Å². The summed E-state index contributed by atoms with van der Waals surface area (Å²) in [5.41, 5.74) is 2.41. The van der Waals surface area contributed by atoms with Gasteiger partial charge in [-0.05, 0) is 43.5 Å². The van der Waals surface area contributed by atoms with Crippen LogP contribution in [0.2, 0.25) is 0 Å². The van der Waals surface area contributed by atoms with Crippen LogP contribution in [0.1, 0.15) is 29.9 Å². The van der Waals surface area contributed by atoms with Crippen molar-refractivity contribution in [3.05, 3.63) is 35.4 Å². The first kappa shape index (κ1) is 10.7. The van der Waals surface area contributed by atoms with E-state index in [-0.39, 0.29) is 6.61 Å². The predicted octanol–water partition coefficient (Wildman–Crippen LogP) is 1.99. The highest BCUT2D eigenvalue weighted by Crippen LogP contribution is 2.26. The summed E-state index contributed by atoms with van der Waals surface area (Å²) in [4.78, 5) is 2.39. The van der Waals surface area contributed by atoms with Gasteiger partial charge in [-0.3, -0.25) is 0 Å². The molecule has 2 heteroatoms. The Hall–Kier alpha value is -0.860. The number of benzene rings is 1. The van der Waals surface area contributed by atoms with E-state index in [1.807, 2.05) is 6.07 Å². The fourth-order valence-electron chi connectivity index (χ4n) is 2.38. The van der Waals surface area contributed by atoms with Crippen LogP contribution in [0.3, 0.4) is 0 Å². The maximum absolute atomic E-state index is 9.10. The van der Waals surface area contributed by atoms with Crippen LogP contribution in [0, 0.1) is 0 Å². The van der Waals surface area contributed by atoms with Gasteiger partial charge in [0, 0.05) is 6.54 Å². The van der Waals surface area contributed by atoms with Crippen molar-refractivity contribution in [3.8, 4) is 0 Å². The van der Waals surface area contributed by atoms with Crippen molar-refractivity contribution in [2.24, 2.45) is 0 Å². The van der Waals surface area contributed by atoms with Crippen LogP contribution >= 0.6 is 0 Å². The first-order valence-electron chi connectivity index (χ1n) is 5.68. The van der Waals surface area contributed by atoms with E-state index in [1.54, 1.807) is 0 Å². The second-order valence-corrected chi connectivity index (χ2v) is 4.50. The smallest absolute Gasteiger partial charge is 0.0681 e. The van der Waals surface area contributed by atoms with Gasteiger partial charge in [0.05, 0.1) is 6.61 Å². The molecule has 1 fully saturated rings. The van der Waals surface area contributed by atoms with Crippen LogP contribution in [0.5, 0.6) is 0 Å². The third-order valence-electron chi connectivity index (χ3n) is 3.23. The van der Waals surface area contributed by atoms with Crippen molar-refractivity contribution < 1.29 is 5.11 Å². The van der Waals surface area contributed by atoms with Gasteiger partial charge >= 0.3 is 0 Å². The molecule has 1 atom stereocenters. The maximum Gasteiger partial charge on any atom is 0.0681 e. The molecule has 0 saturated carbocycles. The summed E-state index contributed by atoms with van der Waals surface area (Å²) in [6.45, 7) is 2.52. The fourth-order valence-corrected chi connectivity index (χ4v) is 2.38. The van der Waals surface area contributed by atoms with Gasteiger partial charge in [-0.1, -0.05) is 24.3 Å². The number of aliphatic hydroxyl groups is 1. The number of likely N-dealkylation sites (N-methyl/N-ethyl adjacent to an activating group) is 1. The summed E-state index contributed by atoms with van der Waals surface area (Å²) in [7, 11) is 2.18. The number of rotatable bonds is 2. The zero-order valence-electron chi connectivity index (χ0n) is 9.32. The molecular weight excluding hydrogens is 186 g/mol.